The monoisotopic (exact) mass is 290 g/mol. The van der Waals surface area contributed by atoms with E-state index in [0.717, 1.165) is 51.3 Å². The normalized spacial score (nSPS) is 16.9. The molecular weight excluding hydrogens is 264 g/mol. The summed E-state index contributed by atoms with van der Waals surface area (Å²) in [6.07, 6.45) is 2.80. The van der Waals surface area contributed by atoms with Gasteiger partial charge in [0.1, 0.15) is 5.75 Å². The first-order chi connectivity index (χ1) is 10.0. The van der Waals surface area contributed by atoms with Crippen LogP contribution < -0.4 is 10.5 Å². The summed E-state index contributed by atoms with van der Waals surface area (Å²) in [5, 5.41) is 0. The van der Waals surface area contributed by atoms with Crippen molar-refractivity contribution in [1.29, 1.82) is 0 Å². The summed E-state index contributed by atoms with van der Waals surface area (Å²) >= 11 is 0. The molecular formula is C17H26N2O2. The lowest BCUT2D eigenvalue weighted by Crippen LogP contribution is -2.39. The van der Waals surface area contributed by atoms with Gasteiger partial charge in [0.05, 0.1) is 6.61 Å². The van der Waals surface area contributed by atoms with E-state index in [1.54, 1.807) is 0 Å². The summed E-state index contributed by atoms with van der Waals surface area (Å²) in [6.45, 7) is 7.87. The van der Waals surface area contributed by atoms with Gasteiger partial charge >= 0.3 is 0 Å². The third-order valence-corrected chi connectivity index (χ3v) is 4.07. The van der Waals surface area contributed by atoms with E-state index in [1.165, 1.54) is 11.1 Å². The lowest BCUT2D eigenvalue weighted by atomic mass is 9.96. The van der Waals surface area contributed by atoms with Crippen molar-refractivity contribution in [3.63, 3.8) is 0 Å². The number of hydrogen-bond acceptors (Lipinski definition) is 3. The number of amides is 1. The third kappa shape index (κ3) is 5.05. The number of carbonyl (C=O) groups excluding carboxylic acids is 1. The van der Waals surface area contributed by atoms with Gasteiger partial charge < -0.3 is 15.4 Å². The molecule has 0 atom stereocenters. The van der Waals surface area contributed by atoms with Gasteiger partial charge in [-0.05, 0) is 69.5 Å². The maximum Gasteiger partial charge on any atom is 0.220 e. The number of benzene rings is 1. The molecule has 0 bridgehead atoms. The quantitative estimate of drug-likeness (QED) is 0.818. The van der Waals surface area contributed by atoms with Crippen LogP contribution in [0.4, 0.5) is 0 Å². The molecule has 1 aliphatic rings. The molecule has 1 heterocycles. The molecule has 1 saturated heterocycles. The fourth-order valence-electron chi connectivity index (χ4n) is 2.94. The van der Waals surface area contributed by atoms with Crippen molar-refractivity contribution in [2.45, 2.75) is 33.1 Å². The highest BCUT2D eigenvalue weighted by Crippen LogP contribution is 2.18. The number of nitrogens with zero attached hydrogens (tertiary/aromatic N) is 1. The van der Waals surface area contributed by atoms with Crippen LogP contribution in [0, 0.1) is 19.8 Å². The standard InChI is InChI=1S/C17H26N2O2/c1-13-10-14(2)12-16(11-13)21-9-3-6-19-7-4-15(5-8-19)17(18)20/h10-12,15H,3-9H2,1-2H3,(H2,18,20). The minimum absolute atomic E-state index is 0.0766. The van der Waals surface area contributed by atoms with Gasteiger partial charge in [-0.2, -0.15) is 0 Å². The molecule has 4 heteroatoms. The highest BCUT2D eigenvalue weighted by molar-refractivity contribution is 5.76. The van der Waals surface area contributed by atoms with E-state index in [-0.39, 0.29) is 11.8 Å². The van der Waals surface area contributed by atoms with Crippen molar-refractivity contribution in [3.8, 4) is 5.75 Å². The Hall–Kier alpha value is -1.55. The number of carbonyl (C=O) groups is 1. The maximum atomic E-state index is 11.1. The van der Waals surface area contributed by atoms with Gasteiger partial charge in [0.25, 0.3) is 0 Å². The lowest BCUT2D eigenvalue weighted by molar-refractivity contribution is -0.123. The van der Waals surface area contributed by atoms with Crippen molar-refractivity contribution in [1.82, 2.24) is 4.90 Å². The van der Waals surface area contributed by atoms with E-state index < -0.39 is 0 Å². The van der Waals surface area contributed by atoms with Crippen LogP contribution in [0.2, 0.25) is 0 Å². The van der Waals surface area contributed by atoms with Crippen molar-refractivity contribution in [2.75, 3.05) is 26.2 Å². The zero-order valence-electron chi connectivity index (χ0n) is 13.1. The fraction of sp³-hybridized carbons (Fsp3) is 0.588. The number of nitrogens with two attached hydrogens (primary N) is 1. The predicted molar refractivity (Wildman–Crippen MR) is 84.4 cm³/mol. The summed E-state index contributed by atoms with van der Waals surface area (Å²) < 4.78 is 5.82. The zero-order chi connectivity index (χ0) is 15.2. The molecule has 0 unspecified atom stereocenters. The van der Waals surface area contributed by atoms with Crippen molar-refractivity contribution < 1.29 is 9.53 Å². The first kappa shape index (κ1) is 15.8. The first-order valence-electron chi connectivity index (χ1n) is 7.77. The van der Waals surface area contributed by atoms with Crippen LogP contribution in [-0.2, 0) is 4.79 Å². The molecule has 1 aliphatic heterocycles. The number of likely N-dealkylation sites (tertiary alicyclic amines) is 1. The topological polar surface area (TPSA) is 55.6 Å². The summed E-state index contributed by atoms with van der Waals surface area (Å²) in [4.78, 5) is 13.5. The lowest BCUT2D eigenvalue weighted by Gasteiger charge is -2.30. The van der Waals surface area contributed by atoms with E-state index in [1.807, 2.05) is 0 Å². The van der Waals surface area contributed by atoms with E-state index in [2.05, 4.69) is 36.9 Å². The molecule has 1 amide bonds. The van der Waals surface area contributed by atoms with Crippen LogP contribution in [0.25, 0.3) is 0 Å². The molecule has 2 N–H and O–H groups in total. The van der Waals surface area contributed by atoms with Crippen LogP contribution in [0.1, 0.15) is 30.4 Å². The van der Waals surface area contributed by atoms with Crippen LogP contribution in [0.15, 0.2) is 18.2 Å². The van der Waals surface area contributed by atoms with Crippen molar-refractivity contribution in [3.05, 3.63) is 29.3 Å². The Labute approximate surface area is 127 Å². The van der Waals surface area contributed by atoms with Gasteiger partial charge in [0, 0.05) is 12.5 Å². The fourth-order valence-corrected chi connectivity index (χ4v) is 2.94. The molecule has 1 fully saturated rings. The van der Waals surface area contributed by atoms with Gasteiger partial charge in [-0.15, -0.1) is 0 Å². The molecule has 0 spiro atoms. The third-order valence-electron chi connectivity index (χ3n) is 4.07. The van der Waals surface area contributed by atoms with Gasteiger partial charge in [-0.25, -0.2) is 0 Å². The molecule has 116 valence electrons. The van der Waals surface area contributed by atoms with Crippen molar-refractivity contribution in [2.24, 2.45) is 11.7 Å². The molecule has 4 nitrogen and oxygen atoms in total. The van der Waals surface area contributed by atoms with Crippen LogP contribution >= 0.6 is 0 Å². The minimum Gasteiger partial charge on any atom is -0.494 e. The maximum absolute atomic E-state index is 11.1. The van der Waals surface area contributed by atoms with E-state index in [4.69, 9.17) is 10.5 Å². The van der Waals surface area contributed by atoms with Gasteiger partial charge in [-0.3, -0.25) is 4.79 Å². The molecule has 0 saturated carbocycles. The van der Waals surface area contributed by atoms with Gasteiger partial charge in [-0.1, -0.05) is 6.07 Å². The zero-order valence-corrected chi connectivity index (χ0v) is 13.1. The predicted octanol–water partition coefficient (Wildman–Crippen LogP) is 2.27. The Balaban J connectivity index is 1.65. The molecule has 21 heavy (non-hydrogen) atoms. The number of piperidine rings is 1. The number of hydrogen-bond donors (Lipinski definition) is 1. The molecule has 2 rings (SSSR count). The van der Waals surface area contributed by atoms with Gasteiger partial charge in [0.2, 0.25) is 5.91 Å². The van der Waals surface area contributed by atoms with Crippen molar-refractivity contribution >= 4 is 5.91 Å². The van der Waals surface area contributed by atoms with Crippen LogP contribution in [0.5, 0.6) is 5.75 Å². The second-order valence-electron chi connectivity index (χ2n) is 6.04. The Morgan fingerprint density at radius 3 is 2.43 bits per heavy atom. The first-order valence-corrected chi connectivity index (χ1v) is 7.77. The number of rotatable bonds is 6. The highest BCUT2D eigenvalue weighted by atomic mass is 16.5. The molecule has 0 aromatic heterocycles. The summed E-state index contributed by atoms with van der Waals surface area (Å²) in [5.41, 5.74) is 7.82. The minimum atomic E-state index is -0.146. The number of primary amides is 1. The Kier molecular flexibility index (Phi) is 5.62. The largest absolute Gasteiger partial charge is 0.494 e. The Bertz CT molecular complexity index is 459. The molecule has 1 aromatic rings. The average Bonchev–Trinajstić information content (AvgIpc) is 2.43. The van der Waals surface area contributed by atoms with E-state index in [0.29, 0.717) is 0 Å². The summed E-state index contributed by atoms with van der Waals surface area (Å²) in [6, 6.07) is 6.30. The van der Waals surface area contributed by atoms with E-state index in [9.17, 15) is 4.79 Å². The second kappa shape index (κ2) is 7.46. The smallest absolute Gasteiger partial charge is 0.220 e. The van der Waals surface area contributed by atoms with Crippen LogP contribution in [-0.4, -0.2) is 37.0 Å². The second-order valence-corrected chi connectivity index (χ2v) is 6.04. The number of ether oxygens (including phenoxy) is 1. The number of aryl methyl sites for hydroxylation is 2. The Morgan fingerprint density at radius 1 is 1.24 bits per heavy atom. The molecule has 1 aromatic carbocycles. The average molecular weight is 290 g/mol. The van der Waals surface area contributed by atoms with E-state index >= 15 is 0 Å². The summed E-state index contributed by atoms with van der Waals surface area (Å²) in [7, 11) is 0. The highest BCUT2D eigenvalue weighted by Gasteiger charge is 2.22. The SMILES string of the molecule is Cc1cc(C)cc(OCCCN2CCC(C(N)=O)CC2)c1. The van der Waals surface area contributed by atoms with Gasteiger partial charge in [0.15, 0.2) is 0 Å². The summed E-state index contributed by atoms with van der Waals surface area (Å²) in [5.74, 6) is 0.889. The van der Waals surface area contributed by atoms with Crippen LogP contribution in [0.3, 0.4) is 0 Å². The molecule has 0 radical (unpaired) electrons. The molecule has 0 aliphatic carbocycles. The Morgan fingerprint density at radius 2 is 1.86 bits per heavy atom.